The molecule has 1 aliphatic heterocycles. The fourth-order valence-electron chi connectivity index (χ4n) is 1.84. The zero-order valence-electron chi connectivity index (χ0n) is 10.1. The third-order valence-electron chi connectivity index (χ3n) is 2.73. The summed E-state index contributed by atoms with van der Waals surface area (Å²) in [6, 6.07) is 3.56. The van der Waals surface area contributed by atoms with Crippen LogP contribution in [-0.2, 0) is 9.84 Å². The SMILES string of the molecule is NC(=S)N/N=C1\CCS(=O)(=O)c2ccc([N+](=O)[O-])cc21. The summed E-state index contributed by atoms with van der Waals surface area (Å²) in [4.78, 5) is 10.2. The van der Waals surface area contributed by atoms with Gasteiger partial charge in [0.2, 0.25) is 0 Å². The molecule has 2 rings (SSSR count). The fraction of sp³-hybridized carbons (Fsp3) is 0.200. The van der Waals surface area contributed by atoms with Gasteiger partial charge in [0.05, 0.1) is 21.3 Å². The molecule has 0 radical (unpaired) electrons. The first-order chi connectivity index (χ1) is 9.31. The molecule has 0 aromatic heterocycles. The molecule has 1 aromatic carbocycles. The predicted molar refractivity (Wildman–Crippen MR) is 76.2 cm³/mol. The Morgan fingerprint density at radius 3 is 2.80 bits per heavy atom. The Balaban J connectivity index is 2.59. The first-order valence-corrected chi connectivity index (χ1v) is 7.51. The van der Waals surface area contributed by atoms with Gasteiger partial charge in [0.1, 0.15) is 0 Å². The molecule has 0 saturated heterocycles. The maximum atomic E-state index is 11.9. The summed E-state index contributed by atoms with van der Waals surface area (Å²) in [7, 11) is -3.45. The molecule has 0 fully saturated rings. The van der Waals surface area contributed by atoms with Crippen LogP contribution in [-0.4, -0.2) is 29.9 Å². The molecule has 3 N–H and O–H groups in total. The minimum atomic E-state index is -3.45. The number of thiocarbonyl (C=S) groups is 1. The lowest BCUT2D eigenvalue weighted by molar-refractivity contribution is -0.384. The number of hydrogen-bond acceptors (Lipinski definition) is 6. The quantitative estimate of drug-likeness (QED) is 0.456. The summed E-state index contributed by atoms with van der Waals surface area (Å²) in [6.45, 7) is 0. The molecular formula is C10H10N4O4S2. The number of rotatable bonds is 2. The topological polar surface area (TPSA) is 128 Å². The standard InChI is InChI=1S/C10H10N4O4S2/c11-10(19)13-12-8-3-4-20(17,18)9-2-1-6(14(15)16)5-7(8)9/h1-2,5H,3-4H2,(H3,11,13,19)/b12-8+. The average Bonchev–Trinajstić information content (AvgIpc) is 2.37. The van der Waals surface area contributed by atoms with Crippen molar-refractivity contribution in [3.8, 4) is 0 Å². The van der Waals surface area contributed by atoms with Crippen molar-refractivity contribution in [2.45, 2.75) is 11.3 Å². The lowest BCUT2D eigenvalue weighted by Gasteiger charge is -2.17. The van der Waals surface area contributed by atoms with Crippen molar-refractivity contribution < 1.29 is 13.3 Å². The number of non-ortho nitro benzene ring substituents is 1. The monoisotopic (exact) mass is 314 g/mol. The predicted octanol–water partition coefficient (Wildman–Crippen LogP) is 0.309. The first-order valence-electron chi connectivity index (χ1n) is 5.45. The van der Waals surface area contributed by atoms with Gasteiger partial charge in [0, 0.05) is 24.1 Å². The fourth-order valence-corrected chi connectivity index (χ4v) is 3.36. The number of nitrogens with zero attached hydrogens (tertiary/aromatic N) is 2. The Labute approximate surface area is 119 Å². The summed E-state index contributed by atoms with van der Waals surface area (Å²) in [6.07, 6.45) is 0.131. The summed E-state index contributed by atoms with van der Waals surface area (Å²) in [5, 5.41) is 14.6. The number of benzene rings is 1. The van der Waals surface area contributed by atoms with Crippen molar-refractivity contribution in [1.29, 1.82) is 0 Å². The van der Waals surface area contributed by atoms with Crippen molar-refractivity contribution in [1.82, 2.24) is 5.43 Å². The first kappa shape index (κ1) is 14.3. The highest BCUT2D eigenvalue weighted by Gasteiger charge is 2.29. The smallest absolute Gasteiger partial charge is 0.270 e. The number of nitrogens with two attached hydrogens (primary N) is 1. The van der Waals surface area contributed by atoms with Crippen molar-refractivity contribution in [2.24, 2.45) is 10.8 Å². The molecule has 8 nitrogen and oxygen atoms in total. The zero-order chi connectivity index (χ0) is 14.9. The molecule has 20 heavy (non-hydrogen) atoms. The lowest BCUT2D eigenvalue weighted by atomic mass is 10.1. The van der Waals surface area contributed by atoms with Gasteiger partial charge in [-0.15, -0.1) is 0 Å². The molecule has 0 spiro atoms. The molecule has 0 amide bonds. The van der Waals surface area contributed by atoms with E-state index in [1.807, 2.05) is 0 Å². The summed E-state index contributed by atoms with van der Waals surface area (Å²) >= 11 is 4.61. The van der Waals surface area contributed by atoms with Crippen molar-refractivity contribution in [3.63, 3.8) is 0 Å². The van der Waals surface area contributed by atoms with E-state index >= 15 is 0 Å². The highest BCUT2D eigenvalue weighted by molar-refractivity contribution is 7.91. The van der Waals surface area contributed by atoms with Crippen molar-refractivity contribution in [2.75, 3.05) is 5.75 Å². The molecule has 0 unspecified atom stereocenters. The molecule has 1 aliphatic rings. The molecule has 0 bridgehead atoms. The van der Waals surface area contributed by atoms with Crippen LogP contribution in [0.25, 0.3) is 0 Å². The van der Waals surface area contributed by atoms with Crippen LogP contribution >= 0.6 is 12.2 Å². The third-order valence-corrected chi connectivity index (χ3v) is 4.59. The van der Waals surface area contributed by atoms with Crippen LogP contribution in [0.1, 0.15) is 12.0 Å². The molecular weight excluding hydrogens is 304 g/mol. The Hall–Kier alpha value is -2.07. The number of fused-ring (bicyclic) bond motifs is 1. The molecule has 1 heterocycles. The maximum absolute atomic E-state index is 11.9. The van der Waals surface area contributed by atoms with Crippen LogP contribution in [0.4, 0.5) is 5.69 Å². The van der Waals surface area contributed by atoms with Gasteiger partial charge >= 0.3 is 0 Å². The van der Waals surface area contributed by atoms with Crippen LogP contribution in [0.5, 0.6) is 0 Å². The third kappa shape index (κ3) is 2.75. The second kappa shape index (κ2) is 5.13. The number of nitro groups is 1. The van der Waals surface area contributed by atoms with E-state index in [4.69, 9.17) is 5.73 Å². The number of sulfone groups is 1. The summed E-state index contributed by atoms with van der Waals surface area (Å²) in [5.41, 5.74) is 7.98. The van der Waals surface area contributed by atoms with Gasteiger partial charge in [-0.1, -0.05) is 0 Å². The van der Waals surface area contributed by atoms with E-state index in [9.17, 15) is 18.5 Å². The van der Waals surface area contributed by atoms with Crippen LogP contribution in [0.15, 0.2) is 28.2 Å². The number of nitrogens with one attached hydrogen (secondary N) is 1. The van der Waals surface area contributed by atoms with Crippen LogP contribution < -0.4 is 11.2 Å². The van der Waals surface area contributed by atoms with Gasteiger partial charge in [0.15, 0.2) is 14.9 Å². The summed E-state index contributed by atoms with van der Waals surface area (Å²) < 4.78 is 23.9. The summed E-state index contributed by atoms with van der Waals surface area (Å²) in [5.74, 6) is -0.115. The van der Waals surface area contributed by atoms with Crippen molar-refractivity contribution >= 4 is 38.6 Å². The van der Waals surface area contributed by atoms with Crippen LogP contribution in [0, 0.1) is 10.1 Å². The Kier molecular flexibility index (Phi) is 3.68. The van der Waals surface area contributed by atoms with Gasteiger partial charge in [-0.3, -0.25) is 15.5 Å². The number of hydrazone groups is 1. The van der Waals surface area contributed by atoms with E-state index in [2.05, 4.69) is 22.7 Å². The molecule has 0 aliphatic carbocycles. The second-order valence-corrected chi connectivity index (χ2v) is 6.56. The zero-order valence-corrected chi connectivity index (χ0v) is 11.7. The number of hydrogen-bond donors (Lipinski definition) is 2. The van der Waals surface area contributed by atoms with Crippen molar-refractivity contribution in [3.05, 3.63) is 33.9 Å². The Morgan fingerprint density at radius 2 is 2.20 bits per heavy atom. The average molecular weight is 314 g/mol. The minimum Gasteiger partial charge on any atom is -0.375 e. The van der Waals surface area contributed by atoms with Crippen LogP contribution in [0.3, 0.4) is 0 Å². The Bertz CT molecular complexity index is 727. The molecule has 1 aromatic rings. The highest BCUT2D eigenvalue weighted by Crippen LogP contribution is 2.28. The molecule has 106 valence electrons. The van der Waals surface area contributed by atoms with E-state index in [-0.39, 0.29) is 33.4 Å². The molecule has 10 heteroatoms. The van der Waals surface area contributed by atoms with Crippen LogP contribution in [0.2, 0.25) is 0 Å². The van der Waals surface area contributed by atoms with E-state index in [0.29, 0.717) is 5.71 Å². The maximum Gasteiger partial charge on any atom is 0.270 e. The van der Waals surface area contributed by atoms with Gasteiger partial charge in [-0.2, -0.15) is 5.10 Å². The Morgan fingerprint density at radius 1 is 1.50 bits per heavy atom. The largest absolute Gasteiger partial charge is 0.375 e. The van der Waals surface area contributed by atoms with E-state index in [1.165, 1.54) is 12.1 Å². The lowest BCUT2D eigenvalue weighted by Crippen LogP contribution is -2.28. The van der Waals surface area contributed by atoms with E-state index in [0.717, 1.165) is 6.07 Å². The highest BCUT2D eigenvalue weighted by atomic mass is 32.2. The second-order valence-electron chi connectivity index (χ2n) is 4.04. The normalized spacial score (nSPS) is 18.3. The van der Waals surface area contributed by atoms with Gasteiger partial charge < -0.3 is 5.73 Å². The minimum absolute atomic E-state index is 0.0258. The van der Waals surface area contributed by atoms with Gasteiger partial charge in [0.25, 0.3) is 5.69 Å². The van der Waals surface area contributed by atoms with E-state index in [1.54, 1.807) is 0 Å². The molecule has 0 saturated carbocycles. The van der Waals surface area contributed by atoms with Gasteiger partial charge in [-0.25, -0.2) is 8.42 Å². The number of nitro benzene ring substituents is 1. The van der Waals surface area contributed by atoms with Gasteiger partial charge in [-0.05, 0) is 18.3 Å². The van der Waals surface area contributed by atoms with E-state index < -0.39 is 14.8 Å². The molecule has 0 atom stereocenters.